The Morgan fingerprint density at radius 2 is 1.86 bits per heavy atom. The van der Waals surface area contributed by atoms with Gasteiger partial charge in [0.25, 0.3) is 0 Å². The smallest absolute Gasteiger partial charge is 0.316 e. The summed E-state index contributed by atoms with van der Waals surface area (Å²) in [7, 11) is 0. The number of nitrogens with two attached hydrogens (primary N) is 1. The first kappa shape index (κ1) is 11.5. The summed E-state index contributed by atoms with van der Waals surface area (Å²) in [5, 5.41) is 5.89. The Bertz CT molecular complexity index is 342. The molecule has 8 heteroatoms. The molecule has 0 bridgehead atoms. The Morgan fingerprint density at radius 3 is 2.36 bits per heavy atom. The predicted octanol–water partition coefficient (Wildman–Crippen LogP) is 2.35. The van der Waals surface area contributed by atoms with Gasteiger partial charge in [-0.15, -0.1) is 10.2 Å². The van der Waals surface area contributed by atoms with Gasteiger partial charge in [0.2, 0.25) is 0 Å². The minimum absolute atomic E-state index is 0.191. The van der Waals surface area contributed by atoms with Crippen LogP contribution in [-0.2, 0) is 0 Å². The van der Waals surface area contributed by atoms with Crippen LogP contribution in [0.15, 0.2) is 6.07 Å². The number of aromatic nitrogens is 2. The first-order chi connectivity index (χ1) is 6.32. The summed E-state index contributed by atoms with van der Waals surface area (Å²) >= 11 is 10.7. The molecule has 0 radical (unpaired) electrons. The third-order valence-electron chi connectivity index (χ3n) is 1.43. The molecule has 0 saturated heterocycles. The van der Waals surface area contributed by atoms with Gasteiger partial charge in [0.15, 0.2) is 10.3 Å². The van der Waals surface area contributed by atoms with Crippen LogP contribution in [0.4, 0.5) is 13.2 Å². The van der Waals surface area contributed by atoms with Gasteiger partial charge in [0, 0.05) is 5.56 Å². The maximum absolute atomic E-state index is 12.2. The van der Waals surface area contributed by atoms with Gasteiger partial charge in [-0.3, -0.25) is 0 Å². The second-order valence-electron chi connectivity index (χ2n) is 2.43. The van der Waals surface area contributed by atoms with Crippen molar-refractivity contribution in [3.05, 3.63) is 21.9 Å². The lowest BCUT2D eigenvalue weighted by Gasteiger charge is -2.16. The van der Waals surface area contributed by atoms with E-state index in [0.717, 1.165) is 6.07 Å². The van der Waals surface area contributed by atoms with Crippen molar-refractivity contribution in [3.8, 4) is 0 Å². The lowest BCUT2D eigenvalue weighted by molar-refractivity contribution is -0.149. The van der Waals surface area contributed by atoms with Crippen LogP contribution in [0.1, 0.15) is 11.6 Å². The van der Waals surface area contributed by atoms with Crippen molar-refractivity contribution in [3.63, 3.8) is 0 Å². The molecule has 0 saturated carbocycles. The highest BCUT2D eigenvalue weighted by Gasteiger charge is 2.39. The van der Waals surface area contributed by atoms with E-state index in [9.17, 15) is 13.2 Å². The fourth-order valence-corrected chi connectivity index (χ4v) is 1.13. The molecular formula is C6H4Cl2F3N3. The average Bonchev–Trinajstić information content (AvgIpc) is 2.06. The molecule has 0 aromatic carbocycles. The van der Waals surface area contributed by atoms with E-state index < -0.39 is 17.4 Å². The third kappa shape index (κ3) is 2.46. The summed E-state index contributed by atoms with van der Waals surface area (Å²) in [5.41, 5.74) is 4.52. The van der Waals surface area contributed by atoms with Gasteiger partial charge in [-0.1, -0.05) is 23.2 Å². The number of rotatable bonds is 1. The van der Waals surface area contributed by atoms with Crippen LogP contribution in [0.5, 0.6) is 0 Å². The van der Waals surface area contributed by atoms with Gasteiger partial charge < -0.3 is 5.73 Å². The standard InChI is InChI=1S/C6H4Cl2F3N3/c7-3-1-2(5(8)14-13-3)4(12)6(9,10)11/h1,4H,12H2. The number of hydrogen-bond donors (Lipinski definition) is 1. The summed E-state index contributed by atoms with van der Waals surface area (Å²) < 4.78 is 36.5. The van der Waals surface area contributed by atoms with Crippen LogP contribution in [0.3, 0.4) is 0 Å². The molecular weight excluding hydrogens is 242 g/mol. The molecule has 3 nitrogen and oxygen atoms in total. The van der Waals surface area contributed by atoms with Crippen molar-refractivity contribution in [1.29, 1.82) is 0 Å². The van der Waals surface area contributed by atoms with Crippen LogP contribution >= 0.6 is 23.2 Å². The van der Waals surface area contributed by atoms with E-state index in [1.54, 1.807) is 0 Å². The van der Waals surface area contributed by atoms with Crippen LogP contribution in [0, 0.1) is 0 Å². The van der Waals surface area contributed by atoms with Gasteiger partial charge in [-0.25, -0.2) is 0 Å². The fourth-order valence-electron chi connectivity index (χ4n) is 0.761. The maximum Gasteiger partial charge on any atom is 0.407 e. The SMILES string of the molecule is NC(c1cc(Cl)nnc1Cl)C(F)(F)F. The predicted molar refractivity (Wildman–Crippen MR) is 45.0 cm³/mol. The number of hydrogen-bond acceptors (Lipinski definition) is 3. The zero-order valence-electron chi connectivity index (χ0n) is 6.52. The lowest BCUT2D eigenvalue weighted by atomic mass is 10.1. The monoisotopic (exact) mass is 245 g/mol. The van der Waals surface area contributed by atoms with Crippen molar-refractivity contribution < 1.29 is 13.2 Å². The van der Waals surface area contributed by atoms with E-state index in [4.69, 9.17) is 28.9 Å². The zero-order chi connectivity index (χ0) is 10.9. The molecule has 1 aromatic rings. The van der Waals surface area contributed by atoms with Gasteiger partial charge in [0.05, 0.1) is 0 Å². The molecule has 78 valence electrons. The Labute approximate surface area is 87.0 Å². The molecule has 0 amide bonds. The van der Waals surface area contributed by atoms with Crippen molar-refractivity contribution in [1.82, 2.24) is 10.2 Å². The first-order valence-electron chi connectivity index (χ1n) is 3.33. The van der Waals surface area contributed by atoms with Crippen LogP contribution < -0.4 is 5.73 Å². The molecule has 0 aliphatic carbocycles. The van der Waals surface area contributed by atoms with Gasteiger partial charge in [-0.2, -0.15) is 13.2 Å². The quantitative estimate of drug-likeness (QED) is 0.827. The summed E-state index contributed by atoms with van der Waals surface area (Å²) in [5.74, 6) is 0. The Kier molecular flexibility index (Phi) is 3.18. The van der Waals surface area contributed by atoms with E-state index in [2.05, 4.69) is 10.2 Å². The average molecular weight is 246 g/mol. The van der Waals surface area contributed by atoms with Crippen molar-refractivity contribution >= 4 is 23.2 Å². The minimum atomic E-state index is -4.59. The zero-order valence-corrected chi connectivity index (χ0v) is 8.03. The molecule has 14 heavy (non-hydrogen) atoms. The van der Waals surface area contributed by atoms with E-state index in [0.29, 0.717) is 0 Å². The third-order valence-corrected chi connectivity index (χ3v) is 1.91. The molecule has 2 N–H and O–H groups in total. The number of alkyl halides is 3. The van der Waals surface area contributed by atoms with Gasteiger partial charge >= 0.3 is 6.18 Å². The minimum Gasteiger partial charge on any atom is -0.316 e. The fraction of sp³-hybridized carbons (Fsp3) is 0.333. The molecule has 1 aromatic heterocycles. The topological polar surface area (TPSA) is 51.8 Å². The largest absolute Gasteiger partial charge is 0.407 e. The van der Waals surface area contributed by atoms with Crippen LogP contribution in [-0.4, -0.2) is 16.4 Å². The summed E-state index contributed by atoms with van der Waals surface area (Å²) in [6.07, 6.45) is -4.59. The lowest BCUT2D eigenvalue weighted by Crippen LogP contribution is -2.29. The van der Waals surface area contributed by atoms with Crippen LogP contribution in [0.2, 0.25) is 10.3 Å². The van der Waals surface area contributed by atoms with E-state index in [1.807, 2.05) is 0 Å². The molecule has 0 aliphatic heterocycles. The molecule has 0 spiro atoms. The highest BCUT2D eigenvalue weighted by Crippen LogP contribution is 2.33. The van der Waals surface area contributed by atoms with Crippen molar-refractivity contribution in [2.45, 2.75) is 12.2 Å². The molecule has 1 atom stereocenters. The second kappa shape index (κ2) is 3.88. The summed E-state index contributed by atoms with van der Waals surface area (Å²) in [6, 6.07) is -1.27. The summed E-state index contributed by atoms with van der Waals surface area (Å²) in [4.78, 5) is 0. The van der Waals surface area contributed by atoms with E-state index in [-0.39, 0.29) is 10.7 Å². The maximum atomic E-state index is 12.2. The molecule has 1 heterocycles. The molecule has 1 unspecified atom stereocenters. The first-order valence-corrected chi connectivity index (χ1v) is 4.09. The number of halogens is 5. The number of nitrogens with zero attached hydrogens (tertiary/aromatic N) is 2. The van der Waals surface area contributed by atoms with Gasteiger partial charge in [0.1, 0.15) is 6.04 Å². The van der Waals surface area contributed by atoms with Crippen molar-refractivity contribution in [2.24, 2.45) is 5.73 Å². The highest BCUT2D eigenvalue weighted by atomic mass is 35.5. The Balaban J connectivity index is 3.12. The van der Waals surface area contributed by atoms with Gasteiger partial charge in [-0.05, 0) is 6.07 Å². The van der Waals surface area contributed by atoms with Crippen LogP contribution in [0.25, 0.3) is 0 Å². The van der Waals surface area contributed by atoms with E-state index >= 15 is 0 Å². The van der Waals surface area contributed by atoms with Crippen molar-refractivity contribution in [2.75, 3.05) is 0 Å². The van der Waals surface area contributed by atoms with E-state index in [1.165, 1.54) is 0 Å². The molecule has 0 fully saturated rings. The Morgan fingerprint density at radius 1 is 1.29 bits per heavy atom. The molecule has 1 rings (SSSR count). The summed E-state index contributed by atoms with van der Waals surface area (Å²) in [6.45, 7) is 0. The second-order valence-corrected chi connectivity index (χ2v) is 3.18. The Hall–Kier alpha value is -0.590. The molecule has 0 aliphatic rings. The highest BCUT2D eigenvalue weighted by molar-refractivity contribution is 6.31. The normalized spacial score (nSPS) is 14.1.